The Morgan fingerprint density at radius 1 is 1.09 bits per heavy atom. The number of ether oxygens (including phenoxy) is 2. The van der Waals surface area contributed by atoms with Gasteiger partial charge in [-0.05, 0) is 42.3 Å². The van der Waals surface area contributed by atoms with Crippen LogP contribution in [-0.2, 0) is 4.79 Å². The molecule has 1 atom stereocenters. The standard InChI is InChI=1S/C27H26FN3O4/c1-3-4-5-25(32)35-20-10-11-24-22(13-20)23(16-30-24)27(33)26(17-6-8-18(28)9-7-17)31-19-12-21(34-2)15-29-14-19/h6-16,26,30-31H,3-5H2,1-2H3. The first kappa shape index (κ1) is 23.9. The minimum absolute atomic E-state index is 0.250. The summed E-state index contributed by atoms with van der Waals surface area (Å²) in [4.78, 5) is 33.1. The second-order valence-electron chi connectivity index (χ2n) is 8.09. The zero-order valence-electron chi connectivity index (χ0n) is 19.5. The maximum atomic E-state index is 13.8. The molecule has 0 bridgehead atoms. The number of fused-ring (bicyclic) bond motifs is 1. The van der Waals surface area contributed by atoms with Gasteiger partial charge >= 0.3 is 5.97 Å². The summed E-state index contributed by atoms with van der Waals surface area (Å²) >= 11 is 0. The summed E-state index contributed by atoms with van der Waals surface area (Å²) in [6.45, 7) is 2.00. The molecule has 4 rings (SSSR count). The molecule has 0 amide bonds. The average molecular weight is 476 g/mol. The molecule has 180 valence electrons. The zero-order chi connectivity index (χ0) is 24.8. The predicted molar refractivity (Wildman–Crippen MR) is 131 cm³/mol. The van der Waals surface area contributed by atoms with E-state index in [4.69, 9.17) is 9.47 Å². The number of halogens is 1. The fourth-order valence-corrected chi connectivity index (χ4v) is 3.76. The number of rotatable bonds is 10. The molecule has 0 aliphatic heterocycles. The lowest BCUT2D eigenvalue weighted by Crippen LogP contribution is -2.21. The number of carbonyl (C=O) groups is 2. The summed E-state index contributed by atoms with van der Waals surface area (Å²) in [7, 11) is 1.53. The van der Waals surface area contributed by atoms with Gasteiger partial charge in [0.1, 0.15) is 23.4 Å². The van der Waals surface area contributed by atoms with Crippen LogP contribution in [-0.4, -0.2) is 28.8 Å². The molecule has 0 aliphatic carbocycles. The number of benzene rings is 2. The van der Waals surface area contributed by atoms with Crippen molar-refractivity contribution in [3.8, 4) is 11.5 Å². The summed E-state index contributed by atoms with van der Waals surface area (Å²) in [5, 5.41) is 3.82. The van der Waals surface area contributed by atoms with Crippen LogP contribution < -0.4 is 14.8 Å². The number of nitrogens with zero attached hydrogens (tertiary/aromatic N) is 1. The van der Waals surface area contributed by atoms with Crippen molar-refractivity contribution >= 4 is 28.3 Å². The van der Waals surface area contributed by atoms with Gasteiger partial charge in [-0.3, -0.25) is 14.6 Å². The Balaban J connectivity index is 1.68. The molecule has 0 radical (unpaired) electrons. The molecular formula is C27H26FN3O4. The van der Waals surface area contributed by atoms with E-state index in [-0.39, 0.29) is 11.8 Å². The van der Waals surface area contributed by atoms with Crippen molar-refractivity contribution in [3.63, 3.8) is 0 Å². The monoisotopic (exact) mass is 475 g/mol. The van der Waals surface area contributed by atoms with E-state index < -0.39 is 11.9 Å². The van der Waals surface area contributed by atoms with Crippen LogP contribution in [0, 0.1) is 5.82 Å². The zero-order valence-corrected chi connectivity index (χ0v) is 19.5. The summed E-state index contributed by atoms with van der Waals surface area (Å²) in [5.74, 6) is -0.0618. The van der Waals surface area contributed by atoms with Crippen molar-refractivity contribution in [2.75, 3.05) is 12.4 Å². The highest BCUT2D eigenvalue weighted by Crippen LogP contribution is 2.30. The lowest BCUT2D eigenvalue weighted by atomic mass is 9.96. The second-order valence-corrected chi connectivity index (χ2v) is 8.09. The van der Waals surface area contributed by atoms with Crippen LogP contribution in [0.5, 0.6) is 11.5 Å². The first-order chi connectivity index (χ1) is 17.0. The van der Waals surface area contributed by atoms with Crippen LogP contribution in [0.25, 0.3) is 10.9 Å². The fourth-order valence-electron chi connectivity index (χ4n) is 3.76. The van der Waals surface area contributed by atoms with Gasteiger partial charge in [-0.1, -0.05) is 25.5 Å². The van der Waals surface area contributed by atoms with Crippen molar-refractivity contribution in [1.82, 2.24) is 9.97 Å². The molecule has 2 aromatic carbocycles. The number of carbonyl (C=O) groups excluding carboxylic acids is 2. The molecule has 0 spiro atoms. The first-order valence-corrected chi connectivity index (χ1v) is 11.4. The largest absolute Gasteiger partial charge is 0.495 e. The van der Waals surface area contributed by atoms with Crippen molar-refractivity contribution < 1.29 is 23.5 Å². The minimum atomic E-state index is -0.834. The van der Waals surface area contributed by atoms with E-state index >= 15 is 0 Å². The molecule has 8 heteroatoms. The van der Waals surface area contributed by atoms with Crippen molar-refractivity contribution in [3.05, 3.63) is 84.1 Å². The topological polar surface area (TPSA) is 93.3 Å². The van der Waals surface area contributed by atoms with Crippen LogP contribution in [0.15, 0.2) is 67.1 Å². The number of anilines is 1. The highest BCUT2D eigenvalue weighted by Gasteiger charge is 2.25. The van der Waals surface area contributed by atoms with Crippen LogP contribution in [0.4, 0.5) is 10.1 Å². The minimum Gasteiger partial charge on any atom is -0.495 e. The molecule has 1 unspecified atom stereocenters. The Morgan fingerprint density at radius 2 is 1.89 bits per heavy atom. The van der Waals surface area contributed by atoms with E-state index in [2.05, 4.69) is 15.3 Å². The quantitative estimate of drug-likeness (QED) is 0.170. The highest BCUT2D eigenvalue weighted by atomic mass is 19.1. The van der Waals surface area contributed by atoms with E-state index in [9.17, 15) is 14.0 Å². The summed E-state index contributed by atoms with van der Waals surface area (Å²) in [5.41, 5.74) is 2.28. The Hall–Kier alpha value is -4.20. The number of pyridine rings is 1. The molecular weight excluding hydrogens is 449 g/mol. The molecule has 0 saturated heterocycles. The number of methoxy groups -OCH3 is 1. The lowest BCUT2D eigenvalue weighted by Gasteiger charge is -2.19. The Kier molecular flexibility index (Phi) is 7.40. The molecule has 4 aromatic rings. The molecule has 2 heterocycles. The van der Waals surface area contributed by atoms with Crippen molar-refractivity contribution in [1.29, 1.82) is 0 Å². The number of ketones is 1. The number of nitrogens with one attached hydrogen (secondary N) is 2. The molecule has 7 nitrogen and oxygen atoms in total. The van der Waals surface area contributed by atoms with Gasteiger partial charge in [0.25, 0.3) is 0 Å². The number of esters is 1. The van der Waals surface area contributed by atoms with Gasteiger partial charge in [0.05, 0.1) is 25.2 Å². The van der Waals surface area contributed by atoms with E-state index in [0.29, 0.717) is 40.1 Å². The van der Waals surface area contributed by atoms with Crippen LogP contribution >= 0.6 is 0 Å². The van der Waals surface area contributed by atoms with Crippen molar-refractivity contribution in [2.24, 2.45) is 0 Å². The van der Waals surface area contributed by atoms with Gasteiger partial charge < -0.3 is 19.8 Å². The number of aromatic nitrogens is 2. The Bertz CT molecular complexity index is 1330. The summed E-state index contributed by atoms with van der Waals surface area (Å²) in [6.07, 6.45) is 6.74. The van der Waals surface area contributed by atoms with Gasteiger partial charge in [-0.2, -0.15) is 0 Å². The SMILES string of the molecule is CCCCC(=O)Oc1ccc2[nH]cc(C(=O)C(Nc3cncc(OC)c3)c3ccc(F)cc3)c2c1. The highest BCUT2D eigenvalue weighted by molar-refractivity contribution is 6.11. The van der Waals surface area contributed by atoms with Gasteiger partial charge in [-0.15, -0.1) is 0 Å². The van der Waals surface area contributed by atoms with E-state index in [1.165, 1.54) is 19.2 Å². The Labute approximate surface area is 202 Å². The fraction of sp³-hybridized carbons (Fsp3) is 0.222. The Morgan fingerprint density at radius 3 is 2.63 bits per heavy atom. The van der Waals surface area contributed by atoms with Gasteiger partial charge in [0, 0.05) is 35.2 Å². The van der Waals surface area contributed by atoms with E-state index in [1.54, 1.807) is 55.0 Å². The number of H-pyrrole nitrogens is 1. The summed E-state index contributed by atoms with van der Waals surface area (Å²) in [6, 6.07) is 11.8. The average Bonchev–Trinajstić information content (AvgIpc) is 3.29. The molecule has 0 fully saturated rings. The third-order valence-electron chi connectivity index (χ3n) is 5.61. The van der Waals surface area contributed by atoms with Gasteiger partial charge in [-0.25, -0.2) is 4.39 Å². The number of hydrogen-bond donors (Lipinski definition) is 2. The lowest BCUT2D eigenvalue weighted by molar-refractivity contribution is -0.134. The normalized spacial score (nSPS) is 11.7. The number of Topliss-reactive ketones (excluding diaryl/α,β-unsaturated/α-hetero) is 1. The number of aromatic amines is 1. The number of unbranched alkanes of at least 4 members (excludes halogenated alkanes) is 1. The van der Waals surface area contributed by atoms with E-state index in [1.807, 2.05) is 6.92 Å². The molecule has 2 N–H and O–H groups in total. The van der Waals surface area contributed by atoms with Crippen LogP contribution in [0.3, 0.4) is 0 Å². The smallest absolute Gasteiger partial charge is 0.311 e. The van der Waals surface area contributed by atoms with Crippen LogP contribution in [0.2, 0.25) is 0 Å². The van der Waals surface area contributed by atoms with Crippen molar-refractivity contribution in [2.45, 2.75) is 32.2 Å². The maximum Gasteiger partial charge on any atom is 0.311 e. The number of hydrogen-bond acceptors (Lipinski definition) is 6. The maximum absolute atomic E-state index is 13.8. The molecule has 0 saturated carbocycles. The first-order valence-electron chi connectivity index (χ1n) is 11.4. The van der Waals surface area contributed by atoms with Crippen LogP contribution in [0.1, 0.15) is 48.1 Å². The second kappa shape index (κ2) is 10.8. The third kappa shape index (κ3) is 5.66. The van der Waals surface area contributed by atoms with E-state index in [0.717, 1.165) is 18.4 Å². The molecule has 35 heavy (non-hydrogen) atoms. The predicted octanol–water partition coefficient (Wildman–Crippen LogP) is 5.84. The third-order valence-corrected chi connectivity index (χ3v) is 5.61. The summed E-state index contributed by atoms with van der Waals surface area (Å²) < 4.78 is 24.3. The van der Waals surface area contributed by atoms with Gasteiger partial charge in [0.15, 0.2) is 5.78 Å². The molecule has 2 aromatic heterocycles. The van der Waals surface area contributed by atoms with Gasteiger partial charge in [0.2, 0.25) is 0 Å². The molecule has 0 aliphatic rings.